The van der Waals surface area contributed by atoms with Crippen molar-refractivity contribution in [3.63, 3.8) is 0 Å². The fourth-order valence-electron chi connectivity index (χ4n) is 5.81. The molecular weight excluding hydrogens is 228 g/mol. The van der Waals surface area contributed by atoms with Crippen LogP contribution in [-0.2, 0) is 0 Å². The molecule has 0 aliphatic heterocycles. The van der Waals surface area contributed by atoms with Crippen molar-refractivity contribution in [1.82, 2.24) is 0 Å². The van der Waals surface area contributed by atoms with E-state index in [9.17, 15) is 0 Å². The van der Waals surface area contributed by atoms with Gasteiger partial charge in [0.05, 0.1) is 0 Å². The molecule has 102 valence electrons. The maximum atomic E-state index is 2.54. The van der Waals surface area contributed by atoms with Crippen molar-refractivity contribution < 1.29 is 0 Å². The van der Waals surface area contributed by atoms with Crippen LogP contribution < -0.4 is 0 Å². The molecule has 19 heavy (non-hydrogen) atoms. The van der Waals surface area contributed by atoms with E-state index in [0.717, 1.165) is 23.7 Å². The second kappa shape index (κ2) is 4.11. The van der Waals surface area contributed by atoms with E-state index in [1.807, 2.05) is 0 Å². The third-order valence-corrected chi connectivity index (χ3v) is 6.77. The Morgan fingerprint density at radius 3 is 2.42 bits per heavy atom. The van der Waals surface area contributed by atoms with Gasteiger partial charge < -0.3 is 0 Å². The first-order chi connectivity index (χ1) is 9.25. The summed E-state index contributed by atoms with van der Waals surface area (Å²) in [6, 6.07) is 9.33. The molecule has 3 aliphatic carbocycles. The van der Waals surface area contributed by atoms with Gasteiger partial charge in [-0.3, -0.25) is 0 Å². The minimum absolute atomic E-state index is 0.659. The van der Waals surface area contributed by atoms with E-state index >= 15 is 0 Å². The molecule has 0 nitrogen and oxygen atoms in total. The Kier molecular flexibility index (Phi) is 2.59. The van der Waals surface area contributed by atoms with Gasteiger partial charge in [0.2, 0.25) is 0 Å². The first-order valence-electron chi connectivity index (χ1n) is 8.34. The van der Waals surface area contributed by atoms with Crippen molar-refractivity contribution >= 4 is 0 Å². The van der Waals surface area contributed by atoms with E-state index < -0.39 is 0 Å². The van der Waals surface area contributed by atoms with Gasteiger partial charge in [-0.2, -0.15) is 0 Å². The van der Waals surface area contributed by atoms with Crippen LogP contribution in [0.2, 0.25) is 0 Å². The van der Waals surface area contributed by atoms with Crippen LogP contribution >= 0.6 is 0 Å². The Hall–Kier alpha value is -0.780. The van der Waals surface area contributed by atoms with Crippen LogP contribution in [0.25, 0.3) is 0 Å². The SMILES string of the molecule is CC1c2ccccc2C(C)C2(C3CC3)CCCCC12. The molecule has 4 unspecified atom stereocenters. The molecular formula is C19H26. The van der Waals surface area contributed by atoms with E-state index in [-0.39, 0.29) is 0 Å². The van der Waals surface area contributed by atoms with Crippen LogP contribution in [0.1, 0.15) is 75.3 Å². The quantitative estimate of drug-likeness (QED) is 0.621. The average Bonchev–Trinajstić information content (AvgIpc) is 3.29. The van der Waals surface area contributed by atoms with Gasteiger partial charge >= 0.3 is 0 Å². The lowest BCUT2D eigenvalue weighted by Crippen LogP contribution is -2.46. The van der Waals surface area contributed by atoms with Gasteiger partial charge in [0, 0.05) is 0 Å². The van der Waals surface area contributed by atoms with E-state index in [1.165, 1.54) is 38.5 Å². The summed E-state index contributed by atoms with van der Waals surface area (Å²) in [5, 5.41) is 0. The summed E-state index contributed by atoms with van der Waals surface area (Å²) in [5.41, 5.74) is 4.00. The molecule has 0 amide bonds. The second-order valence-electron chi connectivity index (χ2n) is 7.38. The predicted molar refractivity (Wildman–Crippen MR) is 80.4 cm³/mol. The number of hydrogen-bond donors (Lipinski definition) is 0. The van der Waals surface area contributed by atoms with Crippen LogP contribution in [0.3, 0.4) is 0 Å². The van der Waals surface area contributed by atoms with Crippen LogP contribution in [0, 0.1) is 17.3 Å². The lowest BCUT2D eigenvalue weighted by Gasteiger charge is -2.55. The highest BCUT2D eigenvalue weighted by atomic mass is 14.6. The highest BCUT2D eigenvalue weighted by Crippen LogP contribution is 2.68. The number of hydrogen-bond acceptors (Lipinski definition) is 0. The maximum Gasteiger partial charge on any atom is -0.0125 e. The normalized spacial score (nSPS) is 41.5. The fraction of sp³-hybridized carbons (Fsp3) is 0.684. The van der Waals surface area contributed by atoms with Crippen molar-refractivity contribution in [2.45, 2.75) is 64.2 Å². The molecule has 1 aromatic rings. The van der Waals surface area contributed by atoms with Crippen molar-refractivity contribution in [2.24, 2.45) is 17.3 Å². The summed E-state index contributed by atoms with van der Waals surface area (Å²) < 4.78 is 0. The fourth-order valence-corrected chi connectivity index (χ4v) is 5.81. The molecule has 0 bridgehead atoms. The smallest absolute Gasteiger partial charge is 0.0125 e. The number of benzene rings is 1. The summed E-state index contributed by atoms with van der Waals surface area (Å²) >= 11 is 0. The van der Waals surface area contributed by atoms with Gasteiger partial charge in [-0.1, -0.05) is 51.0 Å². The number of fused-ring (bicyclic) bond motifs is 2. The molecule has 4 rings (SSSR count). The zero-order chi connectivity index (χ0) is 13.0. The lowest BCUT2D eigenvalue weighted by molar-refractivity contribution is 0.0136. The van der Waals surface area contributed by atoms with Crippen LogP contribution in [0.15, 0.2) is 24.3 Å². The van der Waals surface area contributed by atoms with Crippen molar-refractivity contribution in [3.05, 3.63) is 35.4 Å². The Morgan fingerprint density at radius 2 is 1.68 bits per heavy atom. The third-order valence-electron chi connectivity index (χ3n) is 6.77. The van der Waals surface area contributed by atoms with Gasteiger partial charge in [-0.15, -0.1) is 0 Å². The van der Waals surface area contributed by atoms with Gasteiger partial charge in [-0.05, 0) is 65.9 Å². The maximum absolute atomic E-state index is 2.54. The van der Waals surface area contributed by atoms with E-state index in [2.05, 4.69) is 38.1 Å². The van der Waals surface area contributed by atoms with Gasteiger partial charge in [0.25, 0.3) is 0 Å². The molecule has 0 heteroatoms. The molecule has 0 aromatic heterocycles. The largest absolute Gasteiger partial charge is 0.0620 e. The minimum Gasteiger partial charge on any atom is -0.0620 e. The lowest BCUT2D eigenvalue weighted by atomic mass is 9.49. The second-order valence-corrected chi connectivity index (χ2v) is 7.38. The summed E-state index contributed by atoms with van der Waals surface area (Å²) in [6.07, 6.45) is 8.95. The Bertz CT molecular complexity index is 485. The zero-order valence-electron chi connectivity index (χ0n) is 12.4. The highest BCUT2D eigenvalue weighted by Gasteiger charge is 2.57. The first-order valence-corrected chi connectivity index (χ1v) is 8.34. The van der Waals surface area contributed by atoms with Gasteiger partial charge in [0.1, 0.15) is 0 Å². The Morgan fingerprint density at radius 1 is 0.947 bits per heavy atom. The highest BCUT2D eigenvalue weighted by molar-refractivity contribution is 5.39. The molecule has 0 radical (unpaired) electrons. The van der Waals surface area contributed by atoms with E-state index in [1.54, 1.807) is 11.1 Å². The molecule has 0 heterocycles. The first kappa shape index (κ1) is 12.0. The molecule has 2 fully saturated rings. The van der Waals surface area contributed by atoms with Crippen molar-refractivity contribution in [2.75, 3.05) is 0 Å². The molecule has 4 atom stereocenters. The van der Waals surface area contributed by atoms with E-state index in [4.69, 9.17) is 0 Å². The van der Waals surface area contributed by atoms with E-state index in [0.29, 0.717) is 5.41 Å². The van der Waals surface area contributed by atoms with Crippen molar-refractivity contribution in [3.8, 4) is 0 Å². The van der Waals surface area contributed by atoms with Crippen molar-refractivity contribution in [1.29, 1.82) is 0 Å². The van der Waals surface area contributed by atoms with Crippen LogP contribution in [-0.4, -0.2) is 0 Å². The average molecular weight is 254 g/mol. The molecule has 0 saturated heterocycles. The molecule has 3 aliphatic rings. The summed E-state index contributed by atoms with van der Waals surface area (Å²) in [7, 11) is 0. The third kappa shape index (κ3) is 1.52. The topological polar surface area (TPSA) is 0 Å². The van der Waals surface area contributed by atoms with Gasteiger partial charge in [0.15, 0.2) is 0 Å². The van der Waals surface area contributed by atoms with Crippen LogP contribution in [0.4, 0.5) is 0 Å². The zero-order valence-corrected chi connectivity index (χ0v) is 12.4. The minimum atomic E-state index is 0.659. The predicted octanol–water partition coefficient (Wildman–Crippen LogP) is 5.49. The molecule has 2 saturated carbocycles. The molecule has 1 aromatic carbocycles. The summed E-state index contributed by atoms with van der Waals surface area (Å²) in [5.74, 6) is 3.58. The van der Waals surface area contributed by atoms with Crippen LogP contribution in [0.5, 0.6) is 0 Å². The van der Waals surface area contributed by atoms with Gasteiger partial charge in [-0.25, -0.2) is 0 Å². The Labute approximate surface area is 117 Å². The standard InChI is InChI=1S/C19H26/c1-13-16-7-3-4-8-17(16)14(2)19(15-10-11-15)12-6-5-9-18(13)19/h3-4,7-8,13-15,18H,5-6,9-12H2,1-2H3. The monoisotopic (exact) mass is 254 g/mol. The summed E-state index contributed by atoms with van der Waals surface area (Å²) in [4.78, 5) is 0. The summed E-state index contributed by atoms with van der Waals surface area (Å²) in [6.45, 7) is 5.05. The molecule has 0 N–H and O–H groups in total. The Balaban J connectivity index is 1.88. The molecule has 0 spiro atoms. The number of rotatable bonds is 1.